The van der Waals surface area contributed by atoms with Gasteiger partial charge in [0.25, 0.3) is 0 Å². The summed E-state index contributed by atoms with van der Waals surface area (Å²) in [6, 6.07) is 29.4. The van der Waals surface area contributed by atoms with Crippen LogP contribution in [0.3, 0.4) is 0 Å². The normalized spacial score (nSPS) is 13.7. The van der Waals surface area contributed by atoms with E-state index in [1.807, 2.05) is 32.9 Å². The highest BCUT2D eigenvalue weighted by atomic mass is 32.2. The number of methoxy groups -OCH3 is 3. The van der Waals surface area contributed by atoms with E-state index in [1.54, 1.807) is 21.3 Å². The second kappa shape index (κ2) is 14.5. The summed E-state index contributed by atoms with van der Waals surface area (Å²) in [7, 11) is 2.64. The third-order valence-electron chi connectivity index (χ3n) is 8.16. The number of rotatable bonds is 10. The molecule has 47 heavy (non-hydrogen) atoms. The zero-order chi connectivity index (χ0) is 34.7. The molecular weight excluding hydrogens is 621 g/mol. The van der Waals surface area contributed by atoms with Crippen molar-refractivity contribution in [2.24, 2.45) is 0 Å². The molecule has 0 fully saturated rings. The van der Waals surface area contributed by atoms with Crippen molar-refractivity contribution in [3.05, 3.63) is 107 Å². The summed E-state index contributed by atoms with van der Waals surface area (Å²) < 4.78 is 35.2. The van der Waals surface area contributed by atoms with Crippen LogP contribution in [0.15, 0.2) is 84.9 Å². The molecule has 4 aromatic carbocycles. The minimum Gasteiger partial charge on any atom is -0.496 e. The smallest absolute Gasteiger partial charge is 0.161 e. The molecule has 252 valence electrons. The van der Waals surface area contributed by atoms with E-state index in [1.165, 1.54) is 10.6 Å². The lowest BCUT2D eigenvalue weighted by Crippen LogP contribution is -2.38. The van der Waals surface area contributed by atoms with Crippen molar-refractivity contribution in [2.45, 2.75) is 83.9 Å². The number of hydrogen-bond donors (Lipinski definition) is 1. The fourth-order valence-corrected chi connectivity index (χ4v) is 8.96. The van der Waals surface area contributed by atoms with E-state index in [-0.39, 0.29) is 10.8 Å². The van der Waals surface area contributed by atoms with Crippen LogP contribution in [0.5, 0.6) is 17.2 Å². The van der Waals surface area contributed by atoms with Crippen LogP contribution in [0.4, 0.5) is 0 Å². The van der Waals surface area contributed by atoms with Gasteiger partial charge in [-0.2, -0.15) is 0 Å². The van der Waals surface area contributed by atoms with Crippen LogP contribution in [-0.2, 0) is 21.8 Å². The maximum atomic E-state index is 14.1. The fourth-order valence-electron chi connectivity index (χ4n) is 5.64. The lowest BCUT2D eigenvalue weighted by molar-refractivity contribution is 0.354. The Morgan fingerprint density at radius 3 is 1.47 bits per heavy atom. The Bertz CT molecular complexity index is 1610. The van der Waals surface area contributed by atoms with Gasteiger partial charge in [-0.05, 0) is 90.8 Å². The van der Waals surface area contributed by atoms with Crippen molar-refractivity contribution in [3.63, 3.8) is 0 Å². The molecule has 0 aliphatic carbocycles. The van der Waals surface area contributed by atoms with Gasteiger partial charge in [0, 0.05) is 11.1 Å². The van der Waals surface area contributed by atoms with Crippen molar-refractivity contribution < 1.29 is 18.4 Å². The molecule has 1 N–H and O–H groups in total. The summed E-state index contributed by atoms with van der Waals surface area (Å²) in [5.41, 5.74) is 3.79. The zero-order valence-electron chi connectivity index (χ0n) is 30.1. The van der Waals surface area contributed by atoms with Crippen LogP contribution >= 0.6 is 7.92 Å². The molecule has 5 nitrogen and oxygen atoms in total. The highest BCUT2D eigenvalue weighted by Crippen LogP contribution is 2.45. The molecule has 2 atom stereocenters. The molecule has 0 amide bonds. The minimum atomic E-state index is -1.40. The molecular formula is C40H52NO4PS. The summed E-state index contributed by atoms with van der Waals surface area (Å²) >= 11 is 0. The molecule has 0 aliphatic heterocycles. The summed E-state index contributed by atoms with van der Waals surface area (Å²) in [5, 5.41) is 3.51. The third kappa shape index (κ3) is 8.28. The molecule has 0 bridgehead atoms. The zero-order valence-corrected chi connectivity index (χ0v) is 31.9. The number of nitrogens with one attached hydrogen (secondary N) is 1. The minimum absolute atomic E-state index is 0.212. The summed E-state index contributed by atoms with van der Waals surface area (Å²) in [6.45, 7) is 19.3. The van der Waals surface area contributed by atoms with Crippen LogP contribution < -0.4 is 34.8 Å². The lowest BCUT2D eigenvalue weighted by atomic mass is 9.77. The molecule has 0 saturated carbocycles. The summed E-state index contributed by atoms with van der Waals surface area (Å²) in [4.78, 5) is 0. The Balaban J connectivity index is 2.18. The topological polar surface area (TPSA) is 56.8 Å². The second-order valence-corrected chi connectivity index (χ2v) is 19.0. The first kappa shape index (κ1) is 36.7. The maximum absolute atomic E-state index is 14.1. The van der Waals surface area contributed by atoms with Crippen LogP contribution in [0, 0.1) is 0 Å². The summed E-state index contributed by atoms with van der Waals surface area (Å²) in [5.74, 6) is 2.17. The largest absolute Gasteiger partial charge is 0.496 e. The Hall–Kier alpha value is -3.18. The van der Waals surface area contributed by atoms with Gasteiger partial charge in [0.2, 0.25) is 0 Å². The number of benzene rings is 4. The Morgan fingerprint density at radius 1 is 0.638 bits per heavy atom. The predicted molar refractivity (Wildman–Crippen MR) is 202 cm³/mol. The van der Waals surface area contributed by atoms with Crippen LogP contribution in [0.2, 0.25) is 0 Å². The molecule has 0 saturated heterocycles. The van der Waals surface area contributed by atoms with Gasteiger partial charge in [0.15, 0.2) is 11.5 Å². The van der Waals surface area contributed by atoms with Gasteiger partial charge in [0.05, 0.1) is 43.1 Å². The Labute approximate surface area is 286 Å². The van der Waals surface area contributed by atoms with Gasteiger partial charge in [-0.3, -0.25) is 0 Å². The lowest BCUT2D eigenvalue weighted by Gasteiger charge is -2.34. The molecule has 0 aromatic heterocycles. The van der Waals surface area contributed by atoms with E-state index >= 15 is 0 Å². The van der Waals surface area contributed by atoms with Crippen LogP contribution in [0.1, 0.15) is 90.6 Å². The van der Waals surface area contributed by atoms with E-state index in [2.05, 4.69) is 119 Å². The second-order valence-electron chi connectivity index (χ2n) is 14.9. The average Bonchev–Trinajstić information content (AvgIpc) is 3.02. The molecule has 0 spiro atoms. The van der Waals surface area contributed by atoms with Gasteiger partial charge >= 0.3 is 0 Å². The molecule has 4 aromatic rings. The molecule has 0 unspecified atom stereocenters. The van der Waals surface area contributed by atoms with E-state index < -0.39 is 29.7 Å². The van der Waals surface area contributed by atoms with Gasteiger partial charge in [-0.25, -0.2) is 8.93 Å². The Morgan fingerprint density at radius 2 is 1.09 bits per heavy atom. The highest BCUT2D eigenvalue weighted by molar-refractivity contribution is 7.84. The Kier molecular flexibility index (Phi) is 11.3. The predicted octanol–water partition coefficient (Wildman–Crippen LogP) is 8.21. The monoisotopic (exact) mass is 673 g/mol. The third-order valence-corrected chi connectivity index (χ3v) is 12.2. The van der Waals surface area contributed by atoms with Gasteiger partial charge in [0.1, 0.15) is 5.75 Å². The standard InChI is InChI=1S/C40H52NO4PS/c1-38(2,3)31-23-27(24-32(37(31)45-12)39(4,5)6)36(41-47(42)40(7,8)9)30-25-33(43-10)34(44-11)26-35(30)46(28-19-15-13-16-20-28)29-21-17-14-18-22-29/h13-26,36,41H,1-12H3/t36-,47-/m0/s1. The van der Waals surface area contributed by atoms with Gasteiger partial charge in [-0.15, -0.1) is 0 Å². The first-order chi connectivity index (χ1) is 22.0. The first-order valence-corrected chi connectivity index (χ1v) is 18.6. The summed E-state index contributed by atoms with van der Waals surface area (Å²) in [6.07, 6.45) is 0. The van der Waals surface area contributed by atoms with E-state index in [9.17, 15) is 4.21 Å². The highest BCUT2D eigenvalue weighted by Gasteiger charge is 2.34. The molecule has 0 aliphatic rings. The molecule has 0 radical (unpaired) electrons. The molecule has 0 heterocycles. The molecule has 7 heteroatoms. The van der Waals surface area contributed by atoms with Crippen molar-refractivity contribution >= 4 is 34.8 Å². The van der Waals surface area contributed by atoms with Crippen molar-refractivity contribution in [1.82, 2.24) is 4.72 Å². The first-order valence-electron chi connectivity index (χ1n) is 16.1. The maximum Gasteiger partial charge on any atom is 0.161 e. The van der Waals surface area contributed by atoms with E-state index in [0.717, 1.165) is 33.3 Å². The van der Waals surface area contributed by atoms with Gasteiger partial charge < -0.3 is 14.2 Å². The van der Waals surface area contributed by atoms with Crippen LogP contribution in [-0.4, -0.2) is 30.3 Å². The van der Waals surface area contributed by atoms with E-state index in [0.29, 0.717) is 11.5 Å². The molecule has 4 rings (SSSR count). The van der Waals surface area contributed by atoms with Crippen molar-refractivity contribution in [2.75, 3.05) is 21.3 Å². The average molecular weight is 674 g/mol. The van der Waals surface area contributed by atoms with Crippen molar-refractivity contribution in [1.29, 1.82) is 0 Å². The quantitative estimate of drug-likeness (QED) is 0.173. The van der Waals surface area contributed by atoms with Gasteiger partial charge in [-0.1, -0.05) is 102 Å². The van der Waals surface area contributed by atoms with Crippen LogP contribution in [0.25, 0.3) is 0 Å². The van der Waals surface area contributed by atoms with Crippen molar-refractivity contribution in [3.8, 4) is 17.2 Å². The number of ether oxygens (including phenoxy) is 3. The SMILES string of the molecule is COc1cc([C@@H](N[S@@](=O)C(C)(C)C)c2cc(C(C)(C)C)c(OC)c(C(C)(C)C)c2)c(P(c2ccccc2)c2ccccc2)cc1OC. The number of hydrogen-bond acceptors (Lipinski definition) is 4. The fraction of sp³-hybridized carbons (Fsp3) is 0.400. The van der Waals surface area contributed by atoms with E-state index in [4.69, 9.17) is 14.2 Å².